The van der Waals surface area contributed by atoms with E-state index < -0.39 is 0 Å². The molecular weight excluding hydrogens is 302 g/mol. The number of amides is 2. The van der Waals surface area contributed by atoms with E-state index in [2.05, 4.69) is 31.3 Å². The van der Waals surface area contributed by atoms with Gasteiger partial charge in [-0.2, -0.15) is 0 Å². The fourth-order valence-electron chi connectivity index (χ4n) is 2.10. The Balaban J connectivity index is 3.07. The van der Waals surface area contributed by atoms with E-state index in [0.717, 1.165) is 0 Å². The van der Waals surface area contributed by atoms with E-state index in [-0.39, 0.29) is 23.2 Å². The summed E-state index contributed by atoms with van der Waals surface area (Å²) in [5.74, 6) is -0.549. The molecule has 1 rings (SSSR count). The van der Waals surface area contributed by atoms with Crippen molar-refractivity contribution in [2.45, 2.75) is 0 Å². The smallest absolute Gasteiger partial charge is 0.273 e. The zero-order valence-corrected chi connectivity index (χ0v) is 13.9. The van der Waals surface area contributed by atoms with Gasteiger partial charge in [0.15, 0.2) is 0 Å². The van der Waals surface area contributed by atoms with Crippen LogP contribution in [0.1, 0.15) is 21.0 Å². The van der Waals surface area contributed by atoms with Crippen LogP contribution in [-0.4, -0.2) is 52.8 Å². The number of rotatable bonds is 10. The summed E-state index contributed by atoms with van der Waals surface area (Å²) in [5.41, 5.74) is 0.420. The molecule has 5 nitrogen and oxygen atoms in total. The van der Waals surface area contributed by atoms with Gasteiger partial charge in [-0.05, 0) is 12.1 Å². The molecule has 1 aromatic heterocycles. The normalized spacial score (nSPS) is 9.67. The first-order chi connectivity index (χ1) is 11.6. The molecule has 0 fully saturated rings. The van der Waals surface area contributed by atoms with Crippen LogP contribution in [0.25, 0.3) is 0 Å². The van der Waals surface area contributed by atoms with Crippen LogP contribution in [0.15, 0.2) is 68.8 Å². The number of nitrogens with zero attached hydrogens (tertiary/aromatic N) is 3. The maximum atomic E-state index is 12.5. The summed E-state index contributed by atoms with van der Waals surface area (Å²) in [7, 11) is 0. The van der Waals surface area contributed by atoms with Gasteiger partial charge in [-0.3, -0.25) is 9.59 Å². The number of pyridine rings is 1. The molecule has 0 bridgehead atoms. The molecular formula is C19H23N3O2. The summed E-state index contributed by atoms with van der Waals surface area (Å²) in [6.45, 7) is 16.1. The molecule has 2 amide bonds. The van der Waals surface area contributed by atoms with E-state index in [4.69, 9.17) is 0 Å². The Bertz CT molecular complexity index is 566. The predicted octanol–water partition coefficient (Wildman–Crippen LogP) is 2.71. The lowest BCUT2D eigenvalue weighted by Gasteiger charge is -2.20. The average molecular weight is 325 g/mol. The molecule has 1 heterocycles. The van der Waals surface area contributed by atoms with Crippen LogP contribution < -0.4 is 0 Å². The van der Waals surface area contributed by atoms with Crippen LogP contribution >= 0.6 is 0 Å². The third kappa shape index (κ3) is 5.05. The van der Waals surface area contributed by atoms with Crippen molar-refractivity contribution in [2.75, 3.05) is 26.2 Å². The van der Waals surface area contributed by atoms with Crippen molar-refractivity contribution in [2.24, 2.45) is 0 Å². The van der Waals surface area contributed by atoms with E-state index in [1.165, 1.54) is 0 Å². The highest BCUT2D eigenvalue weighted by atomic mass is 16.2. The van der Waals surface area contributed by atoms with Crippen molar-refractivity contribution in [3.8, 4) is 0 Å². The number of aromatic nitrogens is 1. The monoisotopic (exact) mass is 325 g/mol. The maximum absolute atomic E-state index is 12.5. The molecule has 0 N–H and O–H groups in total. The van der Waals surface area contributed by atoms with Crippen LogP contribution in [0, 0.1) is 0 Å². The van der Waals surface area contributed by atoms with E-state index in [1.807, 2.05) is 0 Å². The van der Waals surface area contributed by atoms with Crippen LogP contribution in [0.4, 0.5) is 0 Å². The largest absolute Gasteiger partial charge is 0.330 e. The molecule has 0 radical (unpaired) electrons. The highest BCUT2D eigenvalue weighted by Gasteiger charge is 2.19. The van der Waals surface area contributed by atoms with Gasteiger partial charge in [0.1, 0.15) is 11.4 Å². The first kappa shape index (κ1) is 19.1. The molecule has 0 aliphatic carbocycles. The summed E-state index contributed by atoms with van der Waals surface area (Å²) in [4.78, 5) is 32.4. The topological polar surface area (TPSA) is 53.5 Å². The molecule has 24 heavy (non-hydrogen) atoms. The van der Waals surface area contributed by atoms with Crippen molar-refractivity contribution < 1.29 is 9.59 Å². The van der Waals surface area contributed by atoms with Gasteiger partial charge in [-0.15, -0.1) is 26.3 Å². The average Bonchev–Trinajstić information content (AvgIpc) is 2.60. The minimum atomic E-state index is -0.275. The predicted molar refractivity (Wildman–Crippen MR) is 96.8 cm³/mol. The van der Waals surface area contributed by atoms with Gasteiger partial charge in [0, 0.05) is 26.2 Å². The van der Waals surface area contributed by atoms with Crippen molar-refractivity contribution in [3.63, 3.8) is 0 Å². The van der Waals surface area contributed by atoms with E-state index in [0.29, 0.717) is 26.2 Å². The fraction of sp³-hybridized carbons (Fsp3) is 0.211. The number of hydrogen-bond acceptors (Lipinski definition) is 3. The highest BCUT2D eigenvalue weighted by Crippen LogP contribution is 2.08. The van der Waals surface area contributed by atoms with Crippen molar-refractivity contribution in [3.05, 3.63) is 80.2 Å². The quantitative estimate of drug-likeness (QED) is 0.622. The summed E-state index contributed by atoms with van der Waals surface area (Å²) in [6, 6.07) is 4.82. The van der Waals surface area contributed by atoms with Gasteiger partial charge in [0.05, 0.1) is 0 Å². The Labute approximate surface area is 143 Å². The Morgan fingerprint density at radius 1 is 0.792 bits per heavy atom. The minimum absolute atomic E-state index is 0.210. The second-order valence-corrected chi connectivity index (χ2v) is 4.98. The molecule has 1 aromatic rings. The Morgan fingerprint density at radius 2 is 1.12 bits per heavy atom. The van der Waals surface area contributed by atoms with Crippen molar-refractivity contribution >= 4 is 11.8 Å². The van der Waals surface area contributed by atoms with Crippen LogP contribution in [-0.2, 0) is 0 Å². The van der Waals surface area contributed by atoms with E-state index >= 15 is 0 Å². The molecule has 0 aliphatic rings. The molecule has 0 aromatic carbocycles. The first-order valence-electron chi connectivity index (χ1n) is 7.58. The molecule has 0 aliphatic heterocycles. The lowest BCUT2D eigenvalue weighted by atomic mass is 10.2. The highest BCUT2D eigenvalue weighted by molar-refractivity contribution is 5.96. The third-order valence-electron chi connectivity index (χ3n) is 3.16. The van der Waals surface area contributed by atoms with Gasteiger partial charge in [-0.25, -0.2) is 4.98 Å². The van der Waals surface area contributed by atoms with Gasteiger partial charge in [0.2, 0.25) is 0 Å². The number of carbonyl (C=O) groups excluding carboxylic acids is 2. The van der Waals surface area contributed by atoms with Crippen LogP contribution in [0.2, 0.25) is 0 Å². The SMILES string of the molecule is C=CCN(CC=C)C(=O)c1cccc(C(=O)N(CC=C)CC=C)n1. The number of carbonyl (C=O) groups is 2. The second-order valence-electron chi connectivity index (χ2n) is 4.98. The van der Waals surface area contributed by atoms with Crippen LogP contribution in [0.3, 0.4) is 0 Å². The summed E-state index contributed by atoms with van der Waals surface area (Å²) in [6.07, 6.45) is 6.53. The molecule has 126 valence electrons. The van der Waals surface area contributed by atoms with Crippen LogP contribution in [0.5, 0.6) is 0 Å². The lowest BCUT2D eigenvalue weighted by Crippen LogP contribution is -2.34. The summed E-state index contributed by atoms with van der Waals surface area (Å²) >= 11 is 0. The molecule has 0 spiro atoms. The zero-order chi connectivity index (χ0) is 17.9. The summed E-state index contributed by atoms with van der Waals surface area (Å²) in [5, 5.41) is 0. The van der Waals surface area contributed by atoms with Gasteiger partial charge < -0.3 is 9.80 Å². The summed E-state index contributed by atoms with van der Waals surface area (Å²) < 4.78 is 0. The second kappa shape index (κ2) is 9.94. The van der Waals surface area contributed by atoms with Gasteiger partial charge in [0.25, 0.3) is 11.8 Å². The van der Waals surface area contributed by atoms with Crippen molar-refractivity contribution in [1.82, 2.24) is 14.8 Å². The zero-order valence-electron chi connectivity index (χ0n) is 13.9. The fourth-order valence-corrected chi connectivity index (χ4v) is 2.10. The lowest BCUT2D eigenvalue weighted by molar-refractivity contribution is 0.0778. The Hall–Kier alpha value is -2.95. The van der Waals surface area contributed by atoms with E-state index in [9.17, 15) is 9.59 Å². The van der Waals surface area contributed by atoms with Crippen molar-refractivity contribution in [1.29, 1.82) is 0 Å². The Kier molecular flexibility index (Phi) is 7.91. The maximum Gasteiger partial charge on any atom is 0.273 e. The third-order valence-corrected chi connectivity index (χ3v) is 3.16. The van der Waals surface area contributed by atoms with Gasteiger partial charge in [-0.1, -0.05) is 30.4 Å². The Morgan fingerprint density at radius 3 is 1.42 bits per heavy atom. The number of hydrogen-bond donors (Lipinski definition) is 0. The molecule has 5 heteroatoms. The van der Waals surface area contributed by atoms with E-state index in [1.54, 1.807) is 52.3 Å². The standard InChI is InChI=1S/C19H23N3O2/c1-5-12-21(13-6-2)18(23)16-10-9-11-17(20-16)19(24)22(14-7-3)15-8-4/h5-11H,1-4,12-15H2. The first-order valence-corrected chi connectivity index (χ1v) is 7.58. The minimum Gasteiger partial charge on any atom is -0.330 e. The molecule has 0 unspecified atom stereocenters. The molecule has 0 saturated carbocycles. The molecule has 0 atom stereocenters. The molecule has 0 saturated heterocycles. The van der Waals surface area contributed by atoms with Gasteiger partial charge >= 0.3 is 0 Å².